The topological polar surface area (TPSA) is 38.1 Å². The van der Waals surface area contributed by atoms with Gasteiger partial charge in [-0.25, -0.2) is 4.98 Å². The van der Waals surface area contributed by atoms with Crippen LogP contribution in [-0.4, -0.2) is 18.1 Å². The van der Waals surface area contributed by atoms with Gasteiger partial charge in [-0.05, 0) is 38.3 Å². The Hall–Kier alpha value is -0.830. The van der Waals surface area contributed by atoms with Gasteiger partial charge in [0.15, 0.2) is 5.89 Å². The average molecular weight is 192 g/mol. The van der Waals surface area contributed by atoms with E-state index in [4.69, 9.17) is 4.42 Å². The third kappa shape index (κ3) is 1.69. The highest BCUT2D eigenvalue weighted by molar-refractivity contribution is 5.08. The highest BCUT2D eigenvalue weighted by Gasteiger charge is 2.28. The van der Waals surface area contributed by atoms with E-state index in [1.165, 1.54) is 19.3 Å². The molecule has 3 rings (SSSR count). The molecule has 3 nitrogen and oxygen atoms in total. The third-order valence-corrected chi connectivity index (χ3v) is 3.18. The van der Waals surface area contributed by atoms with Crippen molar-refractivity contribution in [1.82, 2.24) is 10.3 Å². The Morgan fingerprint density at radius 2 is 2.36 bits per heavy atom. The molecule has 3 heteroatoms. The molecule has 0 bridgehead atoms. The fourth-order valence-electron chi connectivity index (χ4n) is 2.11. The van der Waals surface area contributed by atoms with Crippen molar-refractivity contribution in [3.63, 3.8) is 0 Å². The molecule has 0 amide bonds. The standard InChI is InChI=1S/C11H16N2O/c1-2-9(1)10-7-13-11(14-10)5-8-3-4-12-6-8/h7-9,12H,1-6H2. The van der Waals surface area contributed by atoms with E-state index in [0.717, 1.165) is 37.1 Å². The Morgan fingerprint density at radius 1 is 1.43 bits per heavy atom. The summed E-state index contributed by atoms with van der Waals surface area (Å²) < 4.78 is 5.73. The molecule has 1 unspecified atom stereocenters. The first kappa shape index (κ1) is 8.48. The van der Waals surface area contributed by atoms with Gasteiger partial charge in [0.2, 0.25) is 0 Å². The predicted molar refractivity (Wildman–Crippen MR) is 53.2 cm³/mol. The minimum atomic E-state index is 0.693. The van der Waals surface area contributed by atoms with Crippen LogP contribution in [0.1, 0.15) is 36.8 Å². The lowest BCUT2D eigenvalue weighted by molar-refractivity contribution is 0.418. The van der Waals surface area contributed by atoms with Crippen LogP contribution in [0.2, 0.25) is 0 Å². The Labute approximate surface area is 83.9 Å². The zero-order chi connectivity index (χ0) is 9.38. The molecule has 1 saturated carbocycles. The molecule has 2 fully saturated rings. The Kier molecular flexibility index (Phi) is 2.05. The van der Waals surface area contributed by atoms with E-state index in [1.54, 1.807) is 0 Å². The minimum absolute atomic E-state index is 0.693. The second-order valence-electron chi connectivity index (χ2n) is 4.49. The Morgan fingerprint density at radius 3 is 3.07 bits per heavy atom. The van der Waals surface area contributed by atoms with Gasteiger partial charge in [0.25, 0.3) is 0 Å². The van der Waals surface area contributed by atoms with E-state index in [-0.39, 0.29) is 0 Å². The molecule has 0 aromatic carbocycles. The second kappa shape index (κ2) is 3.39. The van der Waals surface area contributed by atoms with E-state index < -0.39 is 0 Å². The molecule has 1 saturated heterocycles. The van der Waals surface area contributed by atoms with E-state index >= 15 is 0 Å². The molecular weight excluding hydrogens is 176 g/mol. The van der Waals surface area contributed by atoms with E-state index in [2.05, 4.69) is 10.3 Å². The lowest BCUT2D eigenvalue weighted by Crippen LogP contribution is -2.10. The third-order valence-electron chi connectivity index (χ3n) is 3.18. The maximum atomic E-state index is 5.73. The summed E-state index contributed by atoms with van der Waals surface area (Å²) in [6.45, 7) is 2.28. The van der Waals surface area contributed by atoms with Crippen LogP contribution in [0.5, 0.6) is 0 Å². The summed E-state index contributed by atoms with van der Waals surface area (Å²) in [5.41, 5.74) is 0. The van der Waals surface area contributed by atoms with Crippen molar-refractivity contribution >= 4 is 0 Å². The highest BCUT2D eigenvalue weighted by atomic mass is 16.4. The van der Waals surface area contributed by atoms with Gasteiger partial charge >= 0.3 is 0 Å². The Balaban J connectivity index is 1.64. The van der Waals surface area contributed by atoms with Crippen molar-refractivity contribution in [2.24, 2.45) is 5.92 Å². The monoisotopic (exact) mass is 192 g/mol. The van der Waals surface area contributed by atoms with Gasteiger partial charge in [0.05, 0.1) is 6.20 Å². The van der Waals surface area contributed by atoms with Crippen LogP contribution in [0.15, 0.2) is 10.6 Å². The zero-order valence-corrected chi connectivity index (χ0v) is 8.33. The number of nitrogens with zero attached hydrogens (tertiary/aromatic N) is 1. The molecule has 0 radical (unpaired) electrons. The highest BCUT2D eigenvalue weighted by Crippen LogP contribution is 2.40. The fourth-order valence-corrected chi connectivity index (χ4v) is 2.11. The predicted octanol–water partition coefficient (Wildman–Crippen LogP) is 1.70. The second-order valence-corrected chi connectivity index (χ2v) is 4.49. The van der Waals surface area contributed by atoms with Crippen molar-refractivity contribution in [2.45, 2.75) is 31.6 Å². The summed E-state index contributed by atoms with van der Waals surface area (Å²) in [5, 5.41) is 3.37. The van der Waals surface area contributed by atoms with Crippen LogP contribution in [0.4, 0.5) is 0 Å². The summed E-state index contributed by atoms with van der Waals surface area (Å²) in [7, 11) is 0. The normalized spacial score (nSPS) is 27.0. The summed E-state index contributed by atoms with van der Waals surface area (Å²) in [6, 6.07) is 0. The fraction of sp³-hybridized carbons (Fsp3) is 0.727. The molecule has 14 heavy (non-hydrogen) atoms. The van der Waals surface area contributed by atoms with E-state index in [0.29, 0.717) is 5.92 Å². The van der Waals surface area contributed by atoms with Crippen molar-refractivity contribution in [3.8, 4) is 0 Å². The molecule has 1 N–H and O–H groups in total. The SMILES string of the molecule is c1nc(CC2CCNC2)oc1C1CC1. The summed E-state index contributed by atoms with van der Waals surface area (Å²) in [5.74, 6) is 3.49. The van der Waals surface area contributed by atoms with Crippen LogP contribution in [0.25, 0.3) is 0 Å². The maximum absolute atomic E-state index is 5.73. The van der Waals surface area contributed by atoms with Gasteiger partial charge in [-0.3, -0.25) is 0 Å². The van der Waals surface area contributed by atoms with Crippen LogP contribution < -0.4 is 5.32 Å². The number of hydrogen-bond donors (Lipinski definition) is 1. The quantitative estimate of drug-likeness (QED) is 0.792. The smallest absolute Gasteiger partial charge is 0.194 e. The largest absolute Gasteiger partial charge is 0.445 e. The van der Waals surface area contributed by atoms with Crippen molar-refractivity contribution in [1.29, 1.82) is 0 Å². The average Bonchev–Trinajstić information content (AvgIpc) is 2.75. The van der Waals surface area contributed by atoms with Gasteiger partial charge in [-0.15, -0.1) is 0 Å². The molecule has 1 aromatic rings. The van der Waals surface area contributed by atoms with Crippen LogP contribution in [0.3, 0.4) is 0 Å². The number of nitrogens with one attached hydrogen (secondary N) is 1. The molecule has 0 spiro atoms. The Bertz CT molecular complexity index is 311. The van der Waals surface area contributed by atoms with Gasteiger partial charge in [-0.2, -0.15) is 0 Å². The zero-order valence-electron chi connectivity index (χ0n) is 8.33. The lowest BCUT2D eigenvalue weighted by atomic mass is 10.1. The van der Waals surface area contributed by atoms with Crippen molar-refractivity contribution in [3.05, 3.63) is 17.8 Å². The number of aromatic nitrogens is 1. The van der Waals surface area contributed by atoms with E-state index in [1.807, 2.05) is 6.20 Å². The maximum Gasteiger partial charge on any atom is 0.194 e. The summed E-state index contributed by atoms with van der Waals surface area (Å²) >= 11 is 0. The molecule has 76 valence electrons. The van der Waals surface area contributed by atoms with E-state index in [9.17, 15) is 0 Å². The molecule has 1 aromatic heterocycles. The minimum Gasteiger partial charge on any atom is -0.445 e. The molecule has 2 aliphatic rings. The van der Waals surface area contributed by atoms with Crippen LogP contribution >= 0.6 is 0 Å². The first-order valence-electron chi connectivity index (χ1n) is 5.57. The number of oxazole rings is 1. The van der Waals surface area contributed by atoms with Gasteiger partial charge in [0, 0.05) is 12.3 Å². The van der Waals surface area contributed by atoms with Gasteiger partial charge in [-0.1, -0.05) is 0 Å². The lowest BCUT2D eigenvalue weighted by Gasteiger charge is -2.02. The van der Waals surface area contributed by atoms with Crippen LogP contribution in [-0.2, 0) is 6.42 Å². The molecule has 2 heterocycles. The van der Waals surface area contributed by atoms with Crippen molar-refractivity contribution < 1.29 is 4.42 Å². The molecule has 1 atom stereocenters. The number of rotatable bonds is 3. The molecular formula is C11H16N2O. The summed E-state index contributed by atoms with van der Waals surface area (Å²) in [4.78, 5) is 4.35. The number of hydrogen-bond acceptors (Lipinski definition) is 3. The van der Waals surface area contributed by atoms with Gasteiger partial charge in [0.1, 0.15) is 5.76 Å². The first-order valence-corrected chi connectivity index (χ1v) is 5.57. The first-order chi connectivity index (χ1) is 6.92. The van der Waals surface area contributed by atoms with Crippen molar-refractivity contribution in [2.75, 3.05) is 13.1 Å². The van der Waals surface area contributed by atoms with Gasteiger partial charge < -0.3 is 9.73 Å². The summed E-state index contributed by atoms with van der Waals surface area (Å²) in [6.07, 6.45) is 6.79. The van der Waals surface area contributed by atoms with Crippen LogP contribution in [0, 0.1) is 5.92 Å². The molecule has 1 aliphatic heterocycles. The molecule has 1 aliphatic carbocycles.